The number of terminal acetylenes is 1. The van der Waals surface area contributed by atoms with Crippen LogP contribution in [0, 0.1) is 60.6 Å². The topological polar surface area (TPSA) is 399 Å². The first kappa shape index (κ1) is 115. The van der Waals surface area contributed by atoms with Crippen LogP contribution in [0.2, 0.25) is 0 Å². The summed E-state index contributed by atoms with van der Waals surface area (Å²) in [6.07, 6.45) is 22.3. The maximum Gasteiger partial charge on any atom is 0.534 e. The summed E-state index contributed by atoms with van der Waals surface area (Å²) in [5, 5.41) is 8.38. The summed E-state index contributed by atoms with van der Waals surface area (Å²) < 4.78 is 143. The van der Waals surface area contributed by atoms with Gasteiger partial charge in [-0.3, -0.25) is 72.4 Å². The van der Waals surface area contributed by atoms with Gasteiger partial charge in [0.15, 0.2) is 0 Å². The molecule has 0 atom stereocenters. The summed E-state index contributed by atoms with van der Waals surface area (Å²) in [5.41, 5.74) is -5.40. The molecular weight excluding hydrogens is 2120 g/mol. The van der Waals surface area contributed by atoms with E-state index in [1.165, 1.54) is 57.2 Å². The number of carbonyl (C=O) groups is 14. The van der Waals surface area contributed by atoms with Crippen LogP contribution >= 0.6 is 0 Å². The van der Waals surface area contributed by atoms with Gasteiger partial charge in [-0.2, -0.15) is 96.6 Å². The van der Waals surface area contributed by atoms with Crippen LogP contribution in [-0.2, 0) is 288 Å². The van der Waals surface area contributed by atoms with Gasteiger partial charge in [-0.25, -0.2) is 0 Å². The Labute approximate surface area is 846 Å². The predicted octanol–water partition coefficient (Wildman–Crippen LogP) is 6.30. The summed E-state index contributed by atoms with van der Waals surface area (Å²) in [7, 11) is -11.4. The number of β-lactam (4-membered cyclic amide) rings is 10. The molecule has 7 saturated heterocycles. The molecule has 5 aromatic carbocycles. The Morgan fingerprint density at radius 1 is 0.475 bits per heavy atom. The van der Waals surface area contributed by atoms with Crippen molar-refractivity contribution < 1.29 is 339 Å². The number of ketones is 1. The molecule has 13 rings (SSSR count). The second kappa shape index (κ2) is 57.2. The van der Waals surface area contributed by atoms with Gasteiger partial charge in [0.2, 0.25) is 59.1 Å². The van der Waals surface area contributed by atoms with E-state index in [4.69, 9.17) is 30.5 Å². The van der Waals surface area contributed by atoms with Crippen LogP contribution < -0.4 is 8.37 Å². The summed E-state index contributed by atoms with van der Waals surface area (Å²) in [4.78, 5) is 155. The Bertz CT molecular complexity index is 4940. The van der Waals surface area contributed by atoms with Crippen molar-refractivity contribution in [2.24, 2.45) is 0 Å². The molecule has 7 aliphatic heterocycles. The van der Waals surface area contributed by atoms with Crippen molar-refractivity contribution in [3.05, 3.63) is 227 Å². The van der Waals surface area contributed by atoms with E-state index in [-0.39, 0.29) is 318 Å². The molecule has 0 aromatic heterocycles. The van der Waals surface area contributed by atoms with Crippen molar-refractivity contribution in [1.82, 2.24) is 24.5 Å². The number of halogens is 6. The molecule has 1 N–H and O–H groups in total. The van der Waals surface area contributed by atoms with Gasteiger partial charge in [0.1, 0.15) is 57.3 Å². The maximum atomic E-state index is 12.1. The van der Waals surface area contributed by atoms with Crippen molar-refractivity contribution in [2.75, 3.05) is 59.2 Å². The number of ether oxygens (including phenoxy) is 4. The van der Waals surface area contributed by atoms with Crippen LogP contribution in [0.3, 0.4) is 0 Å². The van der Waals surface area contributed by atoms with E-state index >= 15 is 0 Å². The smallest absolute Gasteiger partial charge is 0.528 e. The number of benzene rings is 5. The van der Waals surface area contributed by atoms with Crippen molar-refractivity contribution >= 4 is 116 Å². The molecule has 0 spiro atoms. The van der Waals surface area contributed by atoms with Crippen molar-refractivity contribution in [1.29, 1.82) is 0 Å². The number of likely N-dealkylation sites (tertiary alicyclic amines) is 5. The number of hydrogen-bond donors (Lipinski definition) is 1. The van der Waals surface area contributed by atoms with E-state index in [1.807, 2.05) is 24.3 Å². The second-order valence-corrected chi connectivity index (χ2v) is 26.2. The molecule has 44 heteroatoms. The van der Waals surface area contributed by atoms with Gasteiger partial charge in [-0.1, -0.05) is 34.3 Å². The first-order valence-corrected chi connectivity index (χ1v) is 36.0. The number of amides is 10. The summed E-state index contributed by atoms with van der Waals surface area (Å²) >= 11 is 0. The Hall–Kier alpha value is -6.62. The fraction of sp³-hybridized carbons (Fsp3) is 0.231. The van der Waals surface area contributed by atoms with Crippen molar-refractivity contribution in [3.63, 3.8) is 0 Å². The van der Waals surface area contributed by atoms with E-state index < -0.39 is 49.0 Å². The molecule has 0 unspecified atom stereocenters. The quantitative estimate of drug-likeness (QED) is 0.00905. The first-order valence-electron chi connectivity index (χ1n) is 33.1. The Kier molecular flexibility index (Phi) is 54.1. The second-order valence-electron chi connectivity index (χ2n) is 23.2. The number of aliphatic hydroxyl groups excluding tert-OH is 1. The standard InChI is InChI=1S/C15H14NO4.C13H10NO3.C13H8NO3.C10H8F3O5S.C8H4F3O4S.C7H5O2.C6H7NO2.C6H5NO2.6Y/c17-13-10-14(18)16(13)7-1-2-11-3-5-12(6-4-11)15-19-8-9-20-15;2*15-9-11-5-3-10(4-6-11)2-1-7-14-12(16)8-13(14)17;11-10(12,13)19(14,15)18-8-3-1-7(2-4-8)9-16-5-6-17-9;9-8(10,11)16(13,14)15-7-3-1-6(5-12)2-4-7;8-5-6-1-3-7(9)4-2-6;2*1-2-3-7-5(8)4-6(7)9;;;;;;/h1-3,5-6,15H,7-10H2;1-3,5-6,9H,7-8H2;3,5-6,9H,7-8H2;1-3,9H,5-6H2;1-3,5H;1-3,5,8H;2H,1,3-4H2;1H,3-4H2;;;;;;/q6*-1;;;;;;;;/b2*2-1+;;;;;;;;;;;;. The van der Waals surface area contributed by atoms with Crippen LogP contribution in [0.15, 0.2) is 146 Å². The molecule has 8 aliphatic rings. The van der Waals surface area contributed by atoms with E-state index in [9.17, 15) is 110 Å². The Morgan fingerprint density at radius 2 is 0.828 bits per heavy atom. The predicted molar refractivity (Wildman–Crippen MR) is 386 cm³/mol. The fourth-order valence-electron chi connectivity index (χ4n) is 8.83. The van der Waals surface area contributed by atoms with Crippen LogP contribution in [0.4, 0.5) is 26.3 Å². The SMILES string of the molecule is C#CCN1C(=O)CC1=O.C=CCN1C(=O)CC1=O.O=C1CC(=O)N1C/C=C/c1[c-]cc(C2OCCO2)cc1.O=C1[C-]=CC(=CO)C=C1.O=Cc1c[c-]c(/C=C/CN2C(=O)CC2=O)cc1.O=Cc1c[c-]c(C#CCN2C(=O)CC2=O)cc1.O=Cc1c[c-]c(OS(=O)(=O)C(F)(F)F)cc1.O=S(=O)(Oc1[c-]cc(C2OCCO2)cc1)C(F)(F)F.[Y].[Y].[Y].[Y].[Y].[Y]. The Balaban J connectivity index is 0.00000138. The van der Waals surface area contributed by atoms with Crippen molar-refractivity contribution in [2.45, 2.75) is 55.7 Å². The van der Waals surface area contributed by atoms with E-state index in [0.29, 0.717) is 80.2 Å². The van der Waals surface area contributed by atoms with Crippen LogP contribution in [-0.4, -0.2) is 200 Å². The summed E-state index contributed by atoms with van der Waals surface area (Å²) in [6.45, 7) is 6.66. The number of nitrogens with zero attached hydrogens (tertiary/aromatic N) is 5. The average molecular weight is 2180 g/mol. The third kappa shape index (κ3) is 37.5. The number of allylic oxidation sites excluding steroid dienone is 5. The summed E-state index contributed by atoms with van der Waals surface area (Å²) in [6, 6.07) is 35.4. The van der Waals surface area contributed by atoms with E-state index in [2.05, 4.69) is 69.1 Å². The zero-order chi connectivity index (χ0) is 85.3. The third-order valence-corrected chi connectivity index (χ3v) is 16.9. The number of imide groups is 5. The van der Waals surface area contributed by atoms with Gasteiger partial charge in [0, 0.05) is 234 Å². The van der Waals surface area contributed by atoms with Crippen molar-refractivity contribution in [3.8, 4) is 35.7 Å². The first-order chi connectivity index (χ1) is 55.0. The monoisotopic (exact) mass is 2180 g/mol. The molecule has 626 valence electrons. The number of carbonyl (C=O) groups excluding carboxylic acids is 14. The minimum absolute atomic E-state index is 0. The normalized spacial score (nSPS) is 15.8. The number of alkyl halides is 6. The van der Waals surface area contributed by atoms with Gasteiger partial charge in [0.25, 0.3) is 0 Å². The van der Waals surface area contributed by atoms with Crippen LogP contribution in [0.5, 0.6) is 11.5 Å². The summed E-state index contributed by atoms with van der Waals surface area (Å²) in [5.74, 6) is 4.92. The fourth-order valence-corrected chi connectivity index (χ4v) is 9.69. The molecule has 0 bridgehead atoms. The number of aldehydes is 3. The van der Waals surface area contributed by atoms with E-state index in [1.54, 1.807) is 48.6 Å². The number of aliphatic hydroxyl groups is 1. The molecule has 7 fully saturated rings. The van der Waals surface area contributed by atoms with Crippen LogP contribution in [0.25, 0.3) is 12.2 Å². The largest absolute Gasteiger partial charge is 0.534 e. The molecule has 1 aliphatic carbocycles. The molecule has 5 aromatic rings. The maximum absolute atomic E-state index is 12.1. The minimum Gasteiger partial charge on any atom is -0.528 e. The van der Waals surface area contributed by atoms with Gasteiger partial charge in [0.05, 0.1) is 51.6 Å². The van der Waals surface area contributed by atoms with Gasteiger partial charge >= 0.3 is 31.3 Å². The zero-order valence-corrected chi connectivity index (χ0v) is 82.1. The zero-order valence-electron chi connectivity index (χ0n) is 63.5. The molecule has 10 amide bonds. The van der Waals surface area contributed by atoms with E-state index in [0.717, 1.165) is 69.6 Å². The Morgan fingerprint density at radius 3 is 1.11 bits per heavy atom. The van der Waals surface area contributed by atoms with Gasteiger partial charge in [-0.15, -0.1) is 169 Å². The molecule has 30 nitrogen and oxygen atoms in total. The average Bonchev–Trinajstić information content (AvgIpc) is 1.15. The molecule has 6 radical (unpaired) electrons. The van der Waals surface area contributed by atoms with Gasteiger partial charge in [-0.05, 0) is 0 Å². The molecule has 0 saturated carbocycles. The molecule has 7 heterocycles. The number of hydrogen-bond acceptors (Lipinski definition) is 25. The molecule has 122 heavy (non-hydrogen) atoms. The third-order valence-electron chi connectivity index (χ3n) is 15.0. The van der Waals surface area contributed by atoms with Gasteiger partial charge < -0.3 is 51.6 Å². The molecular formula is C78H61F6N5O25S2Y6-6. The van der Waals surface area contributed by atoms with Crippen LogP contribution in [0.1, 0.15) is 104 Å². The minimum atomic E-state index is -5.69. The number of rotatable bonds is 19.